The van der Waals surface area contributed by atoms with Gasteiger partial charge < -0.3 is 4.57 Å². The van der Waals surface area contributed by atoms with Crippen molar-refractivity contribution >= 4 is 0 Å². The van der Waals surface area contributed by atoms with Crippen LogP contribution in [0.15, 0.2) is 30.6 Å². The van der Waals surface area contributed by atoms with E-state index in [4.69, 9.17) is 0 Å². The normalized spacial score (nSPS) is 11.0. The number of pyridine rings is 1. The minimum Gasteiger partial charge on any atom is -0.329 e. The van der Waals surface area contributed by atoms with Gasteiger partial charge in [-0.1, -0.05) is 19.9 Å². The molecule has 0 N–H and O–H groups in total. The lowest BCUT2D eigenvalue weighted by molar-refractivity contribution is 0.724. The van der Waals surface area contributed by atoms with Gasteiger partial charge in [0.25, 0.3) is 0 Å². The molecule has 0 saturated heterocycles. The Bertz CT molecular complexity index is 472. The highest BCUT2D eigenvalue weighted by atomic mass is 15.1. The molecule has 0 aliphatic rings. The molecule has 0 aliphatic heterocycles. The second-order valence-corrected chi connectivity index (χ2v) is 4.31. The molecule has 0 unspecified atom stereocenters. The van der Waals surface area contributed by atoms with E-state index in [2.05, 4.69) is 46.6 Å². The van der Waals surface area contributed by atoms with Gasteiger partial charge in [-0.25, -0.2) is 4.98 Å². The zero-order valence-electron chi connectivity index (χ0n) is 10.0. The molecule has 16 heavy (non-hydrogen) atoms. The standard InChI is InChI=1S/C13H17N3/c1-10(2)13-6-4-5-12(15-13)9-16-8-7-14-11(16)3/h4-8,10H,9H2,1-3H3. The Morgan fingerprint density at radius 2 is 2.12 bits per heavy atom. The van der Waals surface area contributed by atoms with Crippen molar-refractivity contribution < 1.29 is 0 Å². The Labute approximate surface area is 96.2 Å². The second-order valence-electron chi connectivity index (χ2n) is 4.31. The molecular weight excluding hydrogens is 198 g/mol. The fraction of sp³-hybridized carbons (Fsp3) is 0.385. The third-order valence-corrected chi connectivity index (χ3v) is 2.68. The maximum atomic E-state index is 4.64. The van der Waals surface area contributed by atoms with Crippen molar-refractivity contribution in [1.82, 2.24) is 14.5 Å². The lowest BCUT2D eigenvalue weighted by atomic mass is 10.1. The highest BCUT2D eigenvalue weighted by Crippen LogP contribution is 2.12. The van der Waals surface area contributed by atoms with E-state index in [0.29, 0.717) is 5.92 Å². The van der Waals surface area contributed by atoms with Gasteiger partial charge in [0.2, 0.25) is 0 Å². The van der Waals surface area contributed by atoms with Crippen LogP contribution in [0, 0.1) is 6.92 Å². The monoisotopic (exact) mass is 215 g/mol. The van der Waals surface area contributed by atoms with E-state index in [0.717, 1.165) is 23.8 Å². The molecule has 0 amide bonds. The van der Waals surface area contributed by atoms with Crippen LogP contribution in [0.4, 0.5) is 0 Å². The fourth-order valence-electron chi connectivity index (χ4n) is 1.65. The van der Waals surface area contributed by atoms with Crippen LogP contribution in [0.3, 0.4) is 0 Å². The first kappa shape index (κ1) is 10.9. The molecule has 2 aromatic heterocycles. The summed E-state index contributed by atoms with van der Waals surface area (Å²) in [5, 5.41) is 0. The predicted molar refractivity (Wildman–Crippen MR) is 64.4 cm³/mol. The average Bonchev–Trinajstić information content (AvgIpc) is 2.65. The topological polar surface area (TPSA) is 30.7 Å². The number of rotatable bonds is 3. The molecule has 3 nitrogen and oxygen atoms in total. The summed E-state index contributed by atoms with van der Waals surface area (Å²) in [5.41, 5.74) is 2.24. The average molecular weight is 215 g/mol. The molecule has 0 spiro atoms. The molecule has 0 aromatic carbocycles. The first-order chi connectivity index (χ1) is 7.66. The Kier molecular flexibility index (Phi) is 3.04. The van der Waals surface area contributed by atoms with Crippen LogP contribution in [0.25, 0.3) is 0 Å². The maximum absolute atomic E-state index is 4.64. The second kappa shape index (κ2) is 4.47. The highest BCUT2D eigenvalue weighted by Gasteiger charge is 2.03. The number of hydrogen-bond donors (Lipinski definition) is 0. The van der Waals surface area contributed by atoms with Crippen LogP contribution in [-0.2, 0) is 6.54 Å². The molecule has 3 heteroatoms. The van der Waals surface area contributed by atoms with E-state index in [1.807, 2.05) is 19.3 Å². The van der Waals surface area contributed by atoms with Crippen LogP contribution in [0.1, 0.15) is 37.0 Å². The molecule has 0 saturated carbocycles. The molecular formula is C13H17N3. The minimum absolute atomic E-state index is 0.476. The summed E-state index contributed by atoms with van der Waals surface area (Å²) in [6.07, 6.45) is 3.81. The largest absolute Gasteiger partial charge is 0.329 e. The summed E-state index contributed by atoms with van der Waals surface area (Å²) in [6, 6.07) is 6.21. The molecule has 0 aliphatic carbocycles. The lowest BCUT2D eigenvalue weighted by Gasteiger charge is -2.08. The van der Waals surface area contributed by atoms with Gasteiger partial charge in [0.15, 0.2) is 0 Å². The van der Waals surface area contributed by atoms with Gasteiger partial charge in [-0.05, 0) is 25.0 Å². The van der Waals surface area contributed by atoms with Crippen LogP contribution in [0.5, 0.6) is 0 Å². The van der Waals surface area contributed by atoms with Gasteiger partial charge in [-0.15, -0.1) is 0 Å². The zero-order valence-corrected chi connectivity index (χ0v) is 10.0. The van der Waals surface area contributed by atoms with Gasteiger partial charge in [0, 0.05) is 18.1 Å². The first-order valence-electron chi connectivity index (χ1n) is 5.60. The maximum Gasteiger partial charge on any atom is 0.105 e. The van der Waals surface area contributed by atoms with Crippen molar-refractivity contribution in [3.05, 3.63) is 47.8 Å². The lowest BCUT2D eigenvalue weighted by Crippen LogP contribution is -2.04. The Hall–Kier alpha value is -1.64. The van der Waals surface area contributed by atoms with Gasteiger partial charge in [-0.3, -0.25) is 4.98 Å². The van der Waals surface area contributed by atoms with Gasteiger partial charge in [0.05, 0.1) is 12.2 Å². The Morgan fingerprint density at radius 1 is 1.31 bits per heavy atom. The quantitative estimate of drug-likeness (QED) is 0.788. The SMILES string of the molecule is Cc1nccn1Cc1cccc(C(C)C)n1. The van der Waals surface area contributed by atoms with Crippen molar-refractivity contribution in [1.29, 1.82) is 0 Å². The van der Waals surface area contributed by atoms with E-state index >= 15 is 0 Å². The minimum atomic E-state index is 0.476. The molecule has 0 bridgehead atoms. The van der Waals surface area contributed by atoms with E-state index < -0.39 is 0 Å². The third-order valence-electron chi connectivity index (χ3n) is 2.68. The molecule has 0 radical (unpaired) electrons. The third kappa shape index (κ3) is 2.30. The Balaban J connectivity index is 2.22. The van der Waals surface area contributed by atoms with E-state index in [1.165, 1.54) is 0 Å². The van der Waals surface area contributed by atoms with Crippen LogP contribution < -0.4 is 0 Å². The highest BCUT2D eigenvalue weighted by molar-refractivity contribution is 5.14. The summed E-state index contributed by atoms with van der Waals surface area (Å²) in [7, 11) is 0. The van der Waals surface area contributed by atoms with E-state index in [-0.39, 0.29) is 0 Å². The molecule has 2 rings (SSSR count). The summed E-state index contributed by atoms with van der Waals surface area (Å²) in [5.74, 6) is 1.50. The zero-order chi connectivity index (χ0) is 11.5. The number of nitrogens with zero attached hydrogens (tertiary/aromatic N) is 3. The van der Waals surface area contributed by atoms with Gasteiger partial charge in [-0.2, -0.15) is 0 Å². The first-order valence-corrected chi connectivity index (χ1v) is 5.60. The number of imidazole rings is 1. The summed E-state index contributed by atoms with van der Waals surface area (Å²) < 4.78 is 2.10. The smallest absolute Gasteiger partial charge is 0.105 e. The molecule has 2 aromatic rings. The Morgan fingerprint density at radius 3 is 2.75 bits per heavy atom. The number of aromatic nitrogens is 3. The van der Waals surface area contributed by atoms with Crippen molar-refractivity contribution in [2.45, 2.75) is 33.2 Å². The molecule has 0 fully saturated rings. The summed E-state index contributed by atoms with van der Waals surface area (Å²) >= 11 is 0. The van der Waals surface area contributed by atoms with Crippen molar-refractivity contribution in [2.75, 3.05) is 0 Å². The number of aryl methyl sites for hydroxylation is 1. The van der Waals surface area contributed by atoms with Gasteiger partial charge in [0.1, 0.15) is 5.82 Å². The predicted octanol–water partition coefficient (Wildman–Crippen LogP) is 2.76. The summed E-state index contributed by atoms with van der Waals surface area (Å²) in [4.78, 5) is 8.85. The molecule has 0 atom stereocenters. The number of hydrogen-bond acceptors (Lipinski definition) is 2. The van der Waals surface area contributed by atoms with Crippen LogP contribution >= 0.6 is 0 Å². The van der Waals surface area contributed by atoms with Crippen molar-refractivity contribution in [3.8, 4) is 0 Å². The molecule has 84 valence electrons. The van der Waals surface area contributed by atoms with Gasteiger partial charge >= 0.3 is 0 Å². The van der Waals surface area contributed by atoms with Crippen LogP contribution in [0.2, 0.25) is 0 Å². The fourth-order valence-corrected chi connectivity index (χ4v) is 1.65. The molecule has 2 heterocycles. The van der Waals surface area contributed by atoms with E-state index in [9.17, 15) is 0 Å². The van der Waals surface area contributed by atoms with E-state index in [1.54, 1.807) is 0 Å². The summed E-state index contributed by atoms with van der Waals surface area (Å²) in [6.45, 7) is 7.13. The van der Waals surface area contributed by atoms with Crippen molar-refractivity contribution in [3.63, 3.8) is 0 Å². The van der Waals surface area contributed by atoms with Crippen molar-refractivity contribution in [2.24, 2.45) is 0 Å². The van der Waals surface area contributed by atoms with Crippen LogP contribution in [-0.4, -0.2) is 14.5 Å².